The predicted octanol–water partition coefficient (Wildman–Crippen LogP) is 1.47. The van der Waals surface area contributed by atoms with E-state index in [1.54, 1.807) is 0 Å². The maximum absolute atomic E-state index is 11.1. The van der Waals surface area contributed by atoms with Crippen LogP contribution in [-0.2, 0) is 0 Å². The van der Waals surface area contributed by atoms with Crippen molar-refractivity contribution < 1.29 is 15.0 Å². The van der Waals surface area contributed by atoms with Crippen molar-refractivity contribution in [1.29, 1.82) is 0 Å². The monoisotopic (exact) mass is 219 g/mol. The molecule has 1 saturated heterocycles. The van der Waals surface area contributed by atoms with Gasteiger partial charge in [-0.3, -0.25) is 4.90 Å². The first kappa shape index (κ1) is 9.66. The molecular weight excluding hydrogens is 206 g/mol. The Morgan fingerprint density at radius 3 is 2.69 bits per heavy atom. The van der Waals surface area contributed by atoms with Crippen LogP contribution in [0.5, 0.6) is 0 Å². The number of rotatable bonds is 1. The number of fused-ring (bicyclic) bond motifs is 1. The van der Waals surface area contributed by atoms with Gasteiger partial charge in [0, 0.05) is 12.5 Å². The van der Waals surface area contributed by atoms with Crippen molar-refractivity contribution in [2.24, 2.45) is 5.92 Å². The van der Waals surface area contributed by atoms with E-state index in [-0.39, 0.29) is 5.92 Å². The van der Waals surface area contributed by atoms with Gasteiger partial charge in [0.2, 0.25) is 0 Å². The van der Waals surface area contributed by atoms with E-state index in [2.05, 4.69) is 0 Å². The first-order valence-corrected chi connectivity index (χ1v) is 5.40. The molecule has 1 heterocycles. The molecule has 2 N–H and O–H groups in total. The molecule has 3 atom stereocenters. The van der Waals surface area contributed by atoms with Gasteiger partial charge in [-0.1, -0.05) is 30.3 Å². The molecule has 0 bridgehead atoms. The van der Waals surface area contributed by atoms with Crippen LogP contribution in [0.15, 0.2) is 30.3 Å². The van der Waals surface area contributed by atoms with Gasteiger partial charge in [-0.05, 0) is 12.0 Å². The molecule has 0 aromatic heterocycles. The first-order chi connectivity index (χ1) is 7.63. The molecule has 1 aromatic carbocycles. The van der Waals surface area contributed by atoms with Crippen LogP contribution in [-0.4, -0.2) is 33.4 Å². The summed E-state index contributed by atoms with van der Waals surface area (Å²) in [6, 6.07) is 8.98. The van der Waals surface area contributed by atoms with Crippen LogP contribution in [0.1, 0.15) is 18.0 Å². The minimum absolute atomic E-state index is 0.119. The molecule has 2 aliphatic rings. The lowest BCUT2D eigenvalue weighted by molar-refractivity contribution is 0.0638. The molecule has 1 aliphatic heterocycles. The van der Waals surface area contributed by atoms with E-state index >= 15 is 0 Å². The number of benzene rings is 1. The van der Waals surface area contributed by atoms with E-state index in [0.717, 1.165) is 12.0 Å². The number of piperidine rings is 1. The second kappa shape index (κ2) is 2.98. The molecule has 1 unspecified atom stereocenters. The van der Waals surface area contributed by atoms with Crippen molar-refractivity contribution in [1.82, 2.24) is 4.90 Å². The van der Waals surface area contributed by atoms with Crippen molar-refractivity contribution in [2.45, 2.75) is 18.1 Å². The Labute approximate surface area is 93.1 Å². The molecule has 84 valence electrons. The third-order valence-corrected chi connectivity index (χ3v) is 3.68. The van der Waals surface area contributed by atoms with Crippen LogP contribution in [0.2, 0.25) is 0 Å². The molecule has 1 aliphatic carbocycles. The van der Waals surface area contributed by atoms with E-state index in [0.29, 0.717) is 6.54 Å². The summed E-state index contributed by atoms with van der Waals surface area (Å²) in [7, 11) is 0. The lowest BCUT2D eigenvalue weighted by Crippen LogP contribution is -2.36. The minimum atomic E-state index is -0.950. The summed E-state index contributed by atoms with van der Waals surface area (Å²) in [5, 5.41) is 19.4. The fourth-order valence-electron chi connectivity index (χ4n) is 2.80. The smallest absolute Gasteiger partial charge is 0.407 e. The maximum Gasteiger partial charge on any atom is 0.407 e. The van der Waals surface area contributed by atoms with Gasteiger partial charge in [-0.2, -0.15) is 0 Å². The van der Waals surface area contributed by atoms with E-state index in [1.807, 2.05) is 30.3 Å². The normalized spacial score (nSPS) is 35.9. The molecule has 1 saturated carbocycles. The average molecular weight is 219 g/mol. The molecule has 2 fully saturated rings. The van der Waals surface area contributed by atoms with E-state index in [1.165, 1.54) is 4.90 Å². The van der Waals surface area contributed by atoms with Gasteiger partial charge >= 0.3 is 6.09 Å². The minimum Gasteiger partial charge on any atom is -0.465 e. The SMILES string of the molecule is O=C(O)N1CC2C[C@]2(O)[C@@H]1c1ccccc1. The summed E-state index contributed by atoms with van der Waals surface area (Å²) in [5.74, 6) is 0.119. The zero-order valence-corrected chi connectivity index (χ0v) is 8.71. The Morgan fingerprint density at radius 1 is 1.38 bits per heavy atom. The molecule has 1 aromatic rings. The standard InChI is InChI=1S/C12H13NO3/c14-11(15)13-7-9-6-12(9,16)10(13)8-4-2-1-3-5-8/h1-5,9-10,16H,6-7H2,(H,14,15)/t9?,10-,12+/m0/s1. The van der Waals surface area contributed by atoms with Crippen molar-refractivity contribution in [3.63, 3.8) is 0 Å². The Hall–Kier alpha value is -1.55. The van der Waals surface area contributed by atoms with Gasteiger partial charge in [0.25, 0.3) is 0 Å². The zero-order valence-electron chi connectivity index (χ0n) is 8.71. The molecule has 4 heteroatoms. The second-order valence-corrected chi connectivity index (χ2v) is 4.64. The van der Waals surface area contributed by atoms with Crippen LogP contribution < -0.4 is 0 Å². The molecule has 16 heavy (non-hydrogen) atoms. The van der Waals surface area contributed by atoms with Gasteiger partial charge in [0.1, 0.15) is 0 Å². The highest BCUT2D eigenvalue weighted by atomic mass is 16.4. The summed E-state index contributed by atoms with van der Waals surface area (Å²) < 4.78 is 0. The largest absolute Gasteiger partial charge is 0.465 e. The van der Waals surface area contributed by atoms with Crippen LogP contribution in [0.4, 0.5) is 4.79 Å². The number of likely N-dealkylation sites (tertiary alicyclic amines) is 1. The van der Waals surface area contributed by atoms with Crippen molar-refractivity contribution in [2.75, 3.05) is 6.54 Å². The molecule has 0 spiro atoms. The van der Waals surface area contributed by atoms with Crippen LogP contribution in [0.25, 0.3) is 0 Å². The highest BCUT2D eigenvalue weighted by Crippen LogP contribution is 2.59. The lowest BCUT2D eigenvalue weighted by atomic mass is 10.00. The van der Waals surface area contributed by atoms with Crippen LogP contribution >= 0.6 is 0 Å². The number of aliphatic hydroxyl groups is 1. The van der Waals surface area contributed by atoms with E-state index < -0.39 is 17.7 Å². The quantitative estimate of drug-likeness (QED) is 0.752. The number of hydrogen-bond acceptors (Lipinski definition) is 2. The Bertz CT molecular complexity index is 433. The summed E-state index contributed by atoms with van der Waals surface area (Å²) in [4.78, 5) is 12.5. The second-order valence-electron chi connectivity index (χ2n) is 4.64. The van der Waals surface area contributed by atoms with E-state index in [4.69, 9.17) is 5.11 Å². The van der Waals surface area contributed by atoms with E-state index in [9.17, 15) is 9.90 Å². The fourth-order valence-corrected chi connectivity index (χ4v) is 2.80. The molecule has 1 amide bonds. The average Bonchev–Trinajstić information content (AvgIpc) is 2.82. The summed E-state index contributed by atoms with van der Waals surface area (Å²) >= 11 is 0. The van der Waals surface area contributed by atoms with Crippen molar-refractivity contribution >= 4 is 6.09 Å². The molecular formula is C12H13NO3. The molecule has 4 nitrogen and oxygen atoms in total. The summed E-state index contributed by atoms with van der Waals surface area (Å²) in [5.41, 5.74) is 0.0622. The molecule has 0 radical (unpaired) electrons. The third kappa shape index (κ3) is 1.16. The topological polar surface area (TPSA) is 60.8 Å². The number of hydrogen-bond donors (Lipinski definition) is 2. The number of carboxylic acid groups (broad SMARTS) is 1. The third-order valence-electron chi connectivity index (χ3n) is 3.68. The molecule has 3 rings (SSSR count). The van der Waals surface area contributed by atoms with Crippen molar-refractivity contribution in [3.8, 4) is 0 Å². The zero-order chi connectivity index (χ0) is 11.3. The van der Waals surface area contributed by atoms with Crippen LogP contribution in [0, 0.1) is 5.92 Å². The van der Waals surface area contributed by atoms with Crippen molar-refractivity contribution in [3.05, 3.63) is 35.9 Å². The first-order valence-electron chi connectivity index (χ1n) is 5.40. The Morgan fingerprint density at radius 2 is 2.06 bits per heavy atom. The van der Waals surface area contributed by atoms with Crippen LogP contribution in [0.3, 0.4) is 0 Å². The maximum atomic E-state index is 11.1. The summed E-state index contributed by atoms with van der Waals surface area (Å²) in [6.45, 7) is 0.450. The lowest BCUT2D eigenvalue weighted by Gasteiger charge is -2.27. The number of carbonyl (C=O) groups is 1. The number of amides is 1. The number of nitrogens with zero attached hydrogens (tertiary/aromatic N) is 1. The fraction of sp³-hybridized carbons (Fsp3) is 0.417. The summed E-state index contributed by atoms with van der Waals surface area (Å²) in [6.07, 6.45) is -0.231. The highest BCUT2D eigenvalue weighted by Gasteiger charge is 2.66. The van der Waals surface area contributed by atoms with Gasteiger partial charge in [0.05, 0.1) is 11.6 Å². The van der Waals surface area contributed by atoms with Gasteiger partial charge in [0.15, 0.2) is 0 Å². The Balaban J connectivity index is 2.00. The van der Waals surface area contributed by atoms with Gasteiger partial charge in [-0.15, -0.1) is 0 Å². The van der Waals surface area contributed by atoms with Gasteiger partial charge < -0.3 is 10.2 Å². The predicted molar refractivity (Wildman–Crippen MR) is 57.0 cm³/mol. The highest BCUT2D eigenvalue weighted by molar-refractivity contribution is 5.67. The van der Waals surface area contributed by atoms with Gasteiger partial charge in [-0.25, -0.2) is 4.79 Å². The Kier molecular flexibility index (Phi) is 1.80.